The molecule has 0 saturated carbocycles. The summed E-state index contributed by atoms with van der Waals surface area (Å²) in [7, 11) is 0. The van der Waals surface area contributed by atoms with Crippen molar-refractivity contribution >= 4 is 5.78 Å². The third kappa shape index (κ3) is 1.64. The Bertz CT molecular complexity index is 368. The van der Waals surface area contributed by atoms with Gasteiger partial charge in [0.25, 0.3) is 0 Å². The molecule has 0 aliphatic carbocycles. The molecule has 0 spiro atoms. The zero-order valence-electron chi connectivity index (χ0n) is 8.51. The minimum absolute atomic E-state index is 0.0967. The summed E-state index contributed by atoms with van der Waals surface area (Å²) in [6.07, 6.45) is 4.49. The fraction of sp³-hybridized carbons (Fsp3) is 0.500. The highest BCUT2D eigenvalue weighted by molar-refractivity contribution is 5.99. The minimum Gasteiger partial charge on any atom is -0.379 e. The Morgan fingerprint density at radius 3 is 3.00 bits per heavy atom. The molecule has 2 atom stereocenters. The van der Waals surface area contributed by atoms with Crippen molar-refractivity contribution in [3.05, 3.63) is 24.3 Å². The Labute approximate surface area is 87.7 Å². The van der Waals surface area contributed by atoms with Crippen LogP contribution in [-0.2, 0) is 4.74 Å². The fourth-order valence-corrected chi connectivity index (χ4v) is 1.63. The molecule has 1 fully saturated rings. The van der Waals surface area contributed by atoms with Crippen molar-refractivity contribution in [2.75, 3.05) is 13.2 Å². The molecule has 0 aromatic carbocycles. The smallest absolute Gasteiger partial charge is 0.192 e. The summed E-state index contributed by atoms with van der Waals surface area (Å²) in [5.41, 5.74) is 5.53. The van der Waals surface area contributed by atoms with E-state index in [4.69, 9.17) is 10.5 Å². The van der Waals surface area contributed by atoms with E-state index >= 15 is 0 Å². The van der Waals surface area contributed by atoms with E-state index in [1.54, 1.807) is 0 Å². The Balaban J connectivity index is 2.28. The average Bonchev–Trinajstić information content (AvgIpc) is 2.61. The van der Waals surface area contributed by atoms with Crippen molar-refractivity contribution < 1.29 is 9.53 Å². The Kier molecular flexibility index (Phi) is 2.50. The molecule has 1 aromatic heterocycles. The van der Waals surface area contributed by atoms with Gasteiger partial charge in [-0.15, -0.1) is 0 Å². The first-order chi connectivity index (χ1) is 7.14. The summed E-state index contributed by atoms with van der Waals surface area (Å²) >= 11 is 0. The van der Waals surface area contributed by atoms with Crippen molar-refractivity contribution in [1.29, 1.82) is 0 Å². The van der Waals surface area contributed by atoms with Gasteiger partial charge in [-0.1, -0.05) is 0 Å². The number of ether oxygens (including phenoxy) is 1. The van der Waals surface area contributed by atoms with E-state index in [1.807, 2.05) is 6.92 Å². The standard InChI is InChI=1S/C10H13N3O2/c1-10(6-15-5-8(10)11)9(14)7-4-12-2-3-13-7/h2-4,8H,5-6,11H2,1H3. The second kappa shape index (κ2) is 3.67. The lowest BCUT2D eigenvalue weighted by atomic mass is 9.80. The molecule has 5 nitrogen and oxygen atoms in total. The molecular formula is C10H13N3O2. The number of hydrogen-bond donors (Lipinski definition) is 1. The predicted octanol–water partition coefficient (Wildman–Crippen LogP) is 0.0231. The monoisotopic (exact) mass is 207 g/mol. The number of Topliss-reactive ketones (excluding diaryl/α,β-unsaturated/α-hetero) is 1. The summed E-state index contributed by atoms with van der Waals surface area (Å²) in [5, 5.41) is 0. The second-order valence-corrected chi connectivity index (χ2v) is 3.96. The Hall–Kier alpha value is -1.33. The summed E-state index contributed by atoms with van der Waals surface area (Å²) in [6.45, 7) is 2.58. The average molecular weight is 207 g/mol. The second-order valence-electron chi connectivity index (χ2n) is 3.96. The Morgan fingerprint density at radius 1 is 1.67 bits per heavy atom. The minimum atomic E-state index is -0.671. The van der Waals surface area contributed by atoms with E-state index in [0.29, 0.717) is 18.9 Å². The van der Waals surface area contributed by atoms with Crippen LogP contribution in [0.5, 0.6) is 0 Å². The lowest BCUT2D eigenvalue weighted by Crippen LogP contribution is -2.44. The van der Waals surface area contributed by atoms with E-state index < -0.39 is 5.41 Å². The van der Waals surface area contributed by atoms with Gasteiger partial charge >= 0.3 is 0 Å². The van der Waals surface area contributed by atoms with Gasteiger partial charge in [-0.25, -0.2) is 4.98 Å². The molecule has 2 N–H and O–H groups in total. The topological polar surface area (TPSA) is 78.1 Å². The molecule has 0 radical (unpaired) electrons. The van der Waals surface area contributed by atoms with Gasteiger partial charge in [0.05, 0.1) is 24.8 Å². The van der Waals surface area contributed by atoms with E-state index in [1.165, 1.54) is 18.6 Å². The first kappa shape index (κ1) is 10.2. The van der Waals surface area contributed by atoms with Crippen LogP contribution in [0, 0.1) is 5.41 Å². The van der Waals surface area contributed by atoms with E-state index in [9.17, 15) is 4.79 Å². The third-order valence-corrected chi connectivity index (χ3v) is 2.83. The lowest BCUT2D eigenvalue weighted by molar-refractivity contribution is 0.0761. The van der Waals surface area contributed by atoms with Gasteiger partial charge in [-0.2, -0.15) is 0 Å². The number of ketones is 1. The molecule has 1 aromatic rings. The van der Waals surface area contributed by atoms with Crippen molar-refractivity contribution in [1.82, 2.24) is 9.97 Å². The predicted molar refractivity (Wildman–Crippen MR) is 53.3 cm³/mol. The van der Waals surface area contributed by atoms with Crippen LogP contribution >= 0.6 is 0 Å². The molecule has 1 saturated heterocycles. The van der Waals surface area contributed by atoms with Crippen LogP contribution in [-0.4, -0.2) is 35.0 Å². The molecule has 2 unspecified atom stereocenters. The molecule has 2 heterocycles. The van der Waals surface area contributed by atoms with Crippen LogP contribution in [0.25, 0.3) is 0 Å². The zero-order valence-corrected chi connectivity index (χ0v) is 8.51. The highest BCUT2D eigenvalue weighted by Gasteiger charge is 2.45. The maximum atomic E-state index is 12.1. The maximum Gasteiger partial charge on any atom is 0.192 e. The maximum absolute atomic E-state index is 12.1. The number of aromatic nitrogens is 2. The molecule has 5 heteroatoms. The first-order valence-corrected chi connectivity index (χ1v) is 4.79. The molecule has 15 heavy (non-hydrogen) atoms. The van der Waals surface area contributed by atoms with Gasteiger partial charge < -0.3 is 10.5 Å². The summed E-state index contributed by atoms with van der Waals surface area (Å²) < 4.78 is 5.22. The number of rotatable bonds is 2. The molecule has 0 amide bonds. The first-order valence-electron chi connectivity index (χ1n) is 4.79. The van der Waals surface area contributed by atoms with Crippen LogP contribution in [0.15, 0.2) is 18.6 Å². The lowest BCUT2D eigenvalue weighted by Gasteiger charge is -2.24. The quantitative estimate of drug-likeness (QED) is 0.692. The van der Waals surface area contributed by atoms with Gasteiger partial charge in [0, 0.05) is 18.4 Å². The fourth-order valence-electron chi connectivity index (χ4n) is 1.63. The largest absolute Gasteiger partial charge is 0.379 e. The van der Waals surface area contributed by atoms with E-state index in [-0.39, 0.29) is 11.8 Å². The van der Waals surface area contributed by atoms with Gasteiger partial charge in [-0.05, 0) is 6.92 Å². The van der Waals surface area contributed by atoms with Gasteiger partial charge in [0.2, 0.25) is 0 Å². The molecule has 0 bridgehead atoms. The normalized spacial score (nSPS) is 30.4. The molecule has 2 rings (SSSR count). The van der Waals surface area contributed by atoms with E-state index in [0.717, 1.165) is 0 Å². The molecule has 1 aliphatic rings. The van der Waals surface area contributed by atoms with Crippen molar-refractivity contribution in [2.45, 2.75) is 13.0 Å². The summed E-state index contributed by atoms with van der Waals surface area (Å²) in [4.78, 5) is 20.0. The zero-order chi connectivity index (χ0) is 10.9. The number of carbonyl (C=O) groups excluding carboxylic acids is 1. The van der Waals surface area contributed by atoms with Gasteiger partial charge in [0.15, 0.2) is 5.78 Å². The van der Waals surface area contributed by atoms with Crippen molar-refractivity contribution in [3.8, 4) is 0 Å². The van der Waals surface area contributed by atoms with Crippen LogP contribution in [0.1, 0.15) is 17.4 Å². The Morgan fingerprint density at radius 2 is 2.47 bits per heavy atom. The van der Waals surface area contributed by atoms with Crippen molar-refractivity contribution in [2.24, 2.45) is 11.1 Å². The van der Waals surface area contributed by atoms with Crippen LogP contribution in [0.4, 0.5) is 0 Å². The highest BCUT2D eigenvalue weighted by atomic mass is 16.5. The number of carbonyl (C=O) groups is 1. The SMILES string of the molecule is CC1(C(=O)c2cnccn2)COCC1N. The summed E-state index contributed by atoms with van der Waals surface area (Å²) in [6, 6.07) is -0.271. The molecule has 80 valence electrons. The number of nitrogens with two attached hydrogens (primary N) is 1. The van der Waals surface area contributed by atoms with E-state index in [2.05, 4.69) is 9.97 Å². The molecule has 1 aliphatic heterocycles. The highest BCUT2D eigenvalue weighted by Crippen LogP contribution is 2.30. The van der Waals surface area contributed by atoms with Gasteiger partial charge in [0.1, 0.15) is 5.69 Å². The van der Waals surface area contributed by atoms with Crippen LogP contribution < -0.4 is 5.73 Å². The van der Waals surface area contributed by atoms with Crippen molar-refractivity contribution in [3.63, 3.8) is 0 Å². The van der Waals surface area contributed by atoms with Crippen LogP contribution in [0.3, 0.4) is 0 Å². The van der Waals surface area contributed by atoms with Crippen LogP contribution in [0.2, 0.25) is 0 Å². The molecular weight excluding hydrogens is 194 g/mol. The third-order valence-electron chi connectivity index (χ3n) is 2.83. The summed E-state index contributed by atoms with van der Waals surface area (Å²) in [5.74, 6) is -0.0967. The number of nitrogens with zero attached hydrogens (tertiary/aromatic N) is 2. The number of hydrogen-bond acceptors (Lipinski definition) is 5. The van der Waals surface area contributed by atoms with Gasteiger partial charge in [-0.3, -0.25) is 9.78 Å².